The van der Waals surface area contributed by atoms with Gasteiger partial charge in [0.25, 0.3) is 0 Å². The third-order valence-corrected chi connectivity index (χ3v) is 4.68. The van der Waals surface area contributed by atoms with Crippen LogP contribution < -0.4 is 5.32 Å². The summed E-state index contributed by atoms with van der Waals surface area (Å²) in [6.45, 7) is 0. The Morgan fingerprint density at radius 1 is 1.26 bits per heavy atom. The molecule has 1 atom stereocenters. The van der Waals surface area contributed by atoms with Crippen LogP contribution >= 0.6 is 27.3 Å². The molecule has 0 radical (unpaired) electrons. The second-order valence-corrected chi connectivity index (χ2v) is 6.27. The Bertz CT molecular complexity index is 556. The molecule has 0 aliphatic rings. The molecule has 0 saturated heterocycles. The van der Waals surface area contributed by atoms with Crippen molar-refractivity contribution in [3.63, 3.8) is 0 Å². The predicted octanol–water partition coefficient (Wildman–Crippen LogP) is 4.16. The first-order chi connectivity index (χ1) is 9.08. The van der Waals surface area contributed by atoms with Gasteiger partial charge in [0.1, 0.15) is 11.6 Å². The number of hydrogen-bond donors (Lipinski definition) is 1. The Hall–Kier alpha value is -0.780. The number of rotatable bonds is 5. The zero-order valence-electron chi connectivity index (χ0n) is 10.4. The SMILES string of the molecule is CNC(Cc1cc(Br)cs1)Cc1ccc(F)cc1F. The van der Waals surface area contributed by atoms with Crippen LogP contribution in [0, 0.1) is 11.6 Å². The standard InChI is InChI=1S/C14H14BrF2NS/c1-18-12(7-13-5-10(15)8-19-13)4-9-2-3-11(16)6-14(9)17/h2-3,5-6,8,12,18H,4,7H2,1H3. The van der Waals surface area contributed by atoms with Gasteiger partial charge in [-0.3, -0.25) is 0 Å². The molecule has 5 heteroatoms. The maximum atomic E-state index is 13.6. The Morgan fingerprint density at radius 3 is 2.63 bits per heavy atom. The Kier molecular flexibility index (Phi) is 5.07. The fourth-order valence-electron chi connectivity index (χ4n) is 1.93. The van der Waals surface area contributed by atoms with Gasteiger partial charge in [-0.05, 0) is 53.5 Å². The highest BCUT2D eigenvalue weighted by Gasteiger charge is 2.13. The van der Waals surface area contributed by atoms with Crippen molar-refractivity contribution in [1.82, 2.24) is 5.32 Å². The largest absolute Gasteiger partial charge is 0.316 e. The second kappa shape index (κ2) is 6.59. The second-order valence-electron chi connectivity index (χ2n) is 4.36. The number of thiophene rings is 1. The summed E-state index contributed by atoms with van der Waals surface area (Å²) in [7, 11) is 1.86. The lowest BCUT2D eigenvalue weighted by Gasteiger charge is -2.15. The van der Waals surface area contributed by atoms with Crippen LogP contribution in [-0.2, 0) is 12.8 Å². The smallest absolute Gasteiger partial charge is 0.129 e. The molecule has 0 bridgehead atoms. The Morgan fingerprint density at radius 2 is 2.05 bits per heavy atom. The van der Waals surface area contributed by atoms with Gasteiger partial charge >= 0.3 is 0 Å². The van der Waals surface area contributed by atoms with Crippen LogP contribution in [0.2, 0.25) is 0 Å². The monoisotopic (exact) mass is 345 g/mol. The molecule has 1 N–H and O–H groups in total. The quantitative estimate of drug-likeness (QED) is 0.857. The molecule has 1 nitrogen and oxygen atoms in total. The summed E-state index contributed by atoms with van der Waals surface area (Å²) in [6.07, 6.45) is 1.36. The molecule has 1 unspecified atom stereocenters. The van der Waals surface area contributed by atoms with E-state index in [1.165, 1.54) is 17.0 Å². The van der Waals surface area contributed by atoms with Crippen molar-refractivity contribution < 1.29 is 8.78 Å². The molecule has 2 rings (SSSR count). The van der Waals surface area contributed by atoms with Crippen molar-refractivity contribution in [2.45, 2.75) is 18.9 Å². The highest BCUT2D eigenvalue weighted by Crippen LogP contribution is 2.22. The van der Waals surface area contributed by atoms with Crippen LogP contribution in [0.1, 0.15) is 10.4 Å². The maximum absolute atomic E-state index is 13.6. The summed E-state index contributed by atoms with van der Waals surface area (Å²) < 4.78 is 27.5. The van der Waals surface area contributed by atoms with E-state index >= 15 is 0 Å². The van der Waals surface area contributed by atoms with Crippen molar-refractivity contribution >= 4 is 27.3 Å². The zero-order chi connectivity index (χ0) is 13.8. The first-order valence-electron chi connectivity index (χ1n) is 5.92. The number of halogens is 3. The van der Waals surface area contributed by atoms with E-state index in [9.17, 15) is 8.78 Å². The molecule has 0 aliphatic carbocycles. The van der Waals surface area contributed by atoms with E-state index in [-0.39, 0.29) is 6.04 Å². The van der Waals surface area contributed by atoms with Gasteiger partial charge < -0.3 is 5.32 Å². The van der Waals surface area contributed by atoms with Crippen molar-refractivity contribution in [3.05, 3.63) is 56.2 Å². The van der Waals surface area contributed by atoms with Crippen molar-refractivity contribution in [1.29, 1.82) is 0 Å². The minimum absolute atomic E-state index is 0.130. The van der Waals surface area contributed by atoms with Crippen LogP contribution in [-0.4, -0.2) is 13.1 Å². The highest BCUT2D eigenvalue weighted by atomic mass is 79.9. The van der Waals surface area contributed by atoms with Crippen LogP contribution in [0.5, 0.6) is 0 Å². The zero-order valence-corrected chi connectivity index (χ0v) is 12.8. The van der Waals surface area contributed by atoms with Crippen LogP contribution in [0.3, 0.4) is 0 Å². The average molecular weight is 346 g/mol. The Balaban J connectivity index is 2.06. The van der Waals surface area contributed by atoms with E-state index in [0.717, 1.165) is 17.0 Å². The summed E-state index contributed by atoms with van der Waals surface area (Å²) in [5, 5.41) is 5.21. The molecule has 0 amide bonds. The lowest BCUT2D eigenvalue weighted by atomic mass is 10.0. The van der Waals surface area contributed by atoms with Gasteiger partial charge in [0.15, 0.2) is 0 Å². The van der Waals surface area contributed by atoms with E-state index in [1.54, 1.807) is 11.3 Å². The van der Waals surface area contributed by atoms with E-state index in [1.807, 2.05) is 12.4 Å². The first kappa shape index (κ1) is 14.6. The van der Waals surface area contributed by atoms with Gasteiger partial charge in [-0.15, -0.1) is 11.3 Å². The van der Waals surface area contributed by atoms with Gasteiger partial charge in [-0.25, -0.2) is 8.78 Å². The fourth-order valence-corrected chi connectivity index (χ4v) is 3.47. The summed E-state index contributed by atoms with van der Waals surface area (Å²) in [5.41, 5.74) is 0.538. The fraction of sp³-hybridized carbons (Fsp3) is 0.286. The van der Waals surface area contributed by atoms with Gasteiger partial charge in [-0.1, -0.05) is 6.07 Å². The van der Waals surface area contributed by atoms with Gasteiger partial charge in [-0.2, -0.15) is 0 Å². The molecule has 1 aromatic heterocycles. The molecule has 1 heterocycles. The molecule has 102 valence electrons. The number of likely N-dealkylation sites (N-methyl/N-ethyl adjacent to an activating group) is 1. The summed E-state index contributed by atoms with van der Waals surface area (Å²) in [4.78, 5) is 1.23. The van der Waals surface area contributed by atoms with Gasteiger partial charge in [0, 0.05) is 26.8 Å². The summed E-state index contributed by atoms with van der Waals surface area (Å²) >= 11 is 5.09. The maximum Gasteiger partial charge on any atom is 0.129 e. The number of nitrogens with one attached hydrogen (secondary N) is 1. The normalized spacial score (nSPS) is 12.6. The first-order valence-corrected chi connectivity index (χ1v) is 7.60. The van der Waals surface area contributed by atoms with E-state index < -0.39 is 11.6 Å². The van der Waals surface area contributed by atoms with Gasteiger partial charge in [0.05, 0.1) is 0 Å². The van der Waals surface area contributed by atoms with Crippen molar-refractivity contribution in [3.8, 4) is 0 Å². The van der Waals surface area contributed by atoms with Crippen molar-refractivity contribution in [2.75, 3.05) is 7.05 Å². The van der Waals surface area contributed by atoms with Crippen LogP contribution in [0.25, 0.3) is 0 Å². The lowest BCUT2D eigenvalue weighted by molar-refractivity contribution is 0.526. The molecule has 0 fully saturated rings. The van der Waals surface area contributed by atoms with Gasteiger partial charge in [0.2, 0.25) is 0 Å². The average Bonchev–Trinajstić information content (AvgIpc) is 2.77. The lowest BCUT2D eigenvalue weighted by Crippen LogP contribution is -2.30. The summed E-state index contributed by atoms with van der Waals surface area (Å²) in [6, 6.07) is 5.94. The molecule has 1 aromatic carbocycles. The minimum Gasteiger partial charge on any atom is -0.316 e. The predicted molar refractivity (Wildman–Crippen MR) is 78.6 cm³/mol. The van der Waals surface area contributed by atoms with E-state index in [0.29, 0.717) is 12.0 Å². The molecular formula is C14H14BrF2NS. The third-order valence-electron chi connectivity index (χ3n) is 2.96. The minimum atomic E-state index is -0.538. The molecule has 0 spiro atoms. The van der Waals surface area contributed by atoms with E-state index in [4.69, 9.17) is 0 Å². The van der Waals surface area contributed by atoms with Crippen LogP contribution in [0.15, 0.2) is 34.1 Å². The van der Waals surface area contributed by atoms with Crippen molar-refractivity contribution in [2.24, 2.45) is 0 Å². The highest BCUT2D eigenvalue weighted by molar-refractivity contribution is 9.10. The molecular weight excluding hydrogens is 332 g/mol. The molecule has 0 saturated carbocycles. The summed E-state index contributed by atoms with van der Waals surface area (Å²) in [5.74, 6) is -1.02. The number of hydrogen-bond acceptors (Lipinski definition) is 2. The third kappa shape index (κ3) is 4.09. The number of benzene rings is 1. The molecule has 0 aliphatic heterocycles. The molecule has 19 heavy (non-hydrogen) atoms. The van der Waals surface area contributed by atoms with Crippen LogP contribution in [0.4, 0.5) is 8.78 Å². The topological polar surface area (TPSA) is 12.0 Å². The van der Waals surface area contributed by atoms with E-state index in [2.05, 4.69) is 27.3 Å². The Labute approximate surface area is 123 Å². The molecule has 2 aromatic rings.